The topological polar surface area (TPSA) is 83.8 Å². The van der Waals surface area contributed by atoms with Gasteiger partial charge in [0.15, 0.2) is 0 Å². The molecule has 0 aliphatic rings. The van der Waals surface area contributed by atoms with Gasteiger partial charge in [-0.15, -0.1) is 0 Å². The van der Waals surface area contributed by atoms with Gasteiger partial charge in [0.25, 0.3) is 0 Å². The predicted octanol–water partition coefficient (Wildman–Crippen LogP) is 0.382. The lowest BCUT2D eigenvalue weighted by molar-refractivity contribution is -0.121. The Hall–Kier alpha value is -1.36. The van der Waals surface area contributed by atoms with Gasteiger partial charge >= 0.3 is 0 Å². The molecule has 0 bridgehead atoms. The Morgan fingerprint density at radius 1 is 1.53 bits per heavy atom. The summed E-state index contributed by atoms with van der Waals surface area (Å²) in [7, 11) is 0. The van der Waals surface area contributed by atoms with Crippen LogP contribution in [0.5, 0.6) is 0 Å². The van der Waals surface area contributed by atoms with Crippen molar-refractivity contribution in [2.45, 2.75) is 33.2 Å². The zero-order chi connectivity index (χ0) is 11.3. The minimum absolute atomic E-state index is 0.0421. The molecule has 5 nitrogen and oxygen atoms in total. The number of H-pyrrole nitrogens is 1. The van der Waals surface area contributed by atoms with Gasteiger partial charge in [-0.1, -0.05) is 0 Å². The van der Waals surface area contributed by atoms with Crippen LogP contribution in [0.4, 0.5) is 0 Å². The van der Waals surface area contributed by atoms with Gasteiger partial charge in [0, 0.05) is 24.2 Å². The van der Waals surface area contributed by atoms with Crippen LogP contribution in [0, 0.1) is 13.8 Å². The lowest BCUT2D eigenvalue weighted by atomic mass is 10.2. The van der Waals surface area contributed by atoms with E-state index in [1.807, 2.05) is 13.8 Å². The van der Waals surface area contributed by atoms with Crippen molar-refractivity contribution >= 4 is 5.91 Å². The van der Waals surface area contributed by atoms with Crippen molar-refractivity contribution in [3.05, 3.63) is 17.0 Å². The van der Waals surface area contributed by atoms with Crippen LogP contribution in [0.3, 0.4) is 0 Å². The van der Waals surface area contributed by atoms with Crippen LogP contribution in [-0.2, 0) is 11.3 Å². The summed E-state index contributed by atoms with van der Waals surface area (Å²) in [4.78, 5) is 11.3. The fourth-order valence-corrected chi connectivity index (χ4v) is 1.37. The number of aromatic amines is 1. The van der Waals surface area contributed by atoms with Gasteiger partial charge in [0.05, 0.1) is 5.69 Å². The highest BCUT2D eigenvalue weighted by atomic mass is 16.1. The van der Waals surface area contributed by atoms with Gasteiger partial charge in [0.1, 0.15) is 0 Å². The Morgan fingerprint density at radius 3 is 2.80 bits per heavy atom. The maximum atomic E-state index is 11.3. The summed E-state index contributed by atoms with van der Waals surface area (Å²) < 4.78 is 0. The van der Waals surface area contributed by atoms with E-state index in [1.165, 1.54) is 0 Å². The molecule has 0 fully saturated rings. The standard InChI is InChI=1S/C10H18N4O/c1-7-9(8(2)14-13-7)6-12-10(15)4-3-5-11/h3-6,11H2,1-2H3,(H,12,15)(H,13,14). The average molecular weight is 210 g/mol. The molecule has 0 aliphatic carbocycles. The maximum absolute atomic E-state index is 11.3. The Bertz CT molecular complexity index is 313. The van der Waals surface area contributed by atoms with Crippen LogP contribution in [-0.4, -0.2) is 22.6 Å². The Balaban J connectivity index is 2.40. The molecule has 5 heteroatoms. The van der Waals surface area contributed by atoms with Crippen LogP contribution >= 0.6 is 0 Å². The van der Waals surface area contributed by atoms with Crippen LogP contribution in [0.25, 0.3) is 0 Å². The van der Waals surface area contributed by atoms with Gasteiger partial charge in [-0.2, -0.15) is 5.10 Å². The highest BCUT2D eigenvalue weighted by molar-refractivity contribution is 5.75. The summed E-state index contributed by atoms with van der Waals surface area (Å²) in [5.74, 6) is 0.0421. The van der Waals surface area contributed by atoms with E-state index >= 15 is 0 Å². The maximum Gasteiger partial charge on any atom is 0.220 e. The highest BCUT2D eigenvalue weighted by Gasteiger charge is 2.07. The molecule has 0 saturated heterocycles. The lowest BCUT2D eigenvalue weighted by Gasteiger charge is -2.04. The zero-order valence-corrected chi connectivity index (χ0v) is 9.26. The number of rotatable bonds is 5. The summed E-state index contributed by atoms with van der Waals surface area (Å²) in [5.41, 5.74) is 8.33. The van der Waals surface area contributed by atoms with Crippen LogP contribution in [0.2, 0.25) is 0 Å². The summed E-state index contributed by atoms with van der Waals surface area (Å²) in [6.45, 7) is 4.96. The molecular weight excluding hydrogens is 192 g/mol. The van der Waals surface area contributed by atoms with E-state index in [9.17, 15) is 4.79 Å². The molecule has 1 aromatic heterocycles. The summed E-state index contributed by atoms with van der Waals surface area (Å²) in [6, 6.07) is 0. The van der Waals surface area contributed by atoms with Crippen molar-refractivity contribution in [2.24, 2.45) is 5.73 Å². The molecule has 0 radical (unpaired) electrons. The van der Waals surface area contributed by atoms with E-state index in [-0.39, 0.29) is 5.91 Å². The van der Waals surface area contributed by atoms with E-state index in [0.29, 0.717) is 19.5 Å². The molecule has 0 atom stereocenters. The largest absolute Gasteiger partial charge is 0.352 e. The minimum Gasteiger partial charge on any atom is -0.352 e. The van der Waals surface area contributed by atoms with Gasteiger partial charge in [0.2, 0.25) is 5.91 Å². The Labute approximate surface area is 89.4 Å². The predicted molar refractivity (Wildman–Crippen MR) is 58.2 cm³/mol. The first kappa shape index (κ1) is 11.7. The molecule has 1 aromatic rings. The number of amides is 1. The Kier molecular flexibility index (Phi) is 4.30. The molecule has 1 amide bonds. The monoisotopic (exact) mass is 210 g/mol. The third-order valence-electron chi connectivity index (χ3n) is 2.35. The van der Waals surface area contributed by atoms with Gasteiger partial charge in [-0.05, 0) is 26.8 Å². The molecule has 0 aromatic carbocycles. The number of carbonyl (C=O) groups excluding carboxylic acids is 1. The van der Waals surface area contributed by atoms with Crippen molar-refractivity contribution in [1.29, 1.82) is 0 Å². The van der Waals surface area contributed by atoms with Gasteiger partial charge < -0.3 is 11.1 Å². The lowest BCUT2D eigenvalue weighted by Crippen LogP contribution is -2.23. The fourth-order valence-electron chi connectivity index (χ4n) is 1.37. The smallest absolute Gasteiger partial charge is 0.220 e. The molecule has 0 unspecified atom stereocenters. The second-order valence-electron chi connectivity index (χ2n) is 3.58. The van der Waals surface area contributed by atoms with Crippen LogP contribution in [0.1, 0.15) is 29.8 Å². The number of hydrogen-bond donors (Lipinski definition) is 3. The Morgan fingerprint density at radius 2 is 2.27 bits per heavy atom. The summed E-state index contributed by atoms with van der Waals surface area (Å²) in [5, 5.41) is 9.79. The first-order valence-corrected chi connectivity index (χ1v) is 5.12. The molecule has 15 heavy (non-hydrogen) atoms. The molecule has 0 saturated carbocycles. The second kappa shape index (κ2) is 5.50. The quantitative estimate of drug-likeness (QED) is 0.657. The van der Waals surface area contributed by atoms with Crippen molar-refractivity contribution in [3.63, 3.8) is 0 Å². The van der Waals surface area contributed by atoms with Crippen molar-refractivity contribution in [2.75, 3.05) is 6.54 Å². The highest BCUT2D eigenvalue weighted by Crippen LogP contribution is 2.08. The van der Waals surface area contributed by atoms with Crippen LogP contribution in [0.15, 0.2) is 0 Å². The van der Waals surface area contributed by atoms with E-state index in [4.69, 9.17) is 5.73 Å². The van der Waals surface area contributed by atoms with Crippen LogP contribution < -0.4 is 11.1 Å². The molecular formula is C10H18N4O. The van der Waals surface area contributed by atoms with E-state index < -0.39 is 0 Å². The number of aromatic nitrogens is 2. The molecule has 0 spiro atoms. The molecule has 1 rings (SSSR count). The third kappa shape index (κ3) is 3.36. The molecule has 0 aliphatic heterocycles. The zero-order valence-electron chi connectivity index (χ0n) is 9.26. The molecule has 4 N–H and O–H groups in total. The average Bonchev–Trinajstić information content (AvgIpc) is 2.53. The molecule has 1 heterocycles. The third-order valence-corrected chi connectivity index (χ3v) is 2.35. The van der Waals surface area contributed by atoms with Gasteiger partial charge in [-0.25, -0.2) is 0 Å². The summed E-state index contributed by atoms with van der Waals surface area (Å²) >= 11 is 0. The number of carbonyl (C=O) groups is 1. The van der Waals surface area contributed by atoms with E-state index in [1.54, 1.807) is 0 Å². The van der Waals surface area contributed by atoms with E-state index in [0.717, 1.165) is 23.4 Å². The number of nitrogens with zero attached hydrogens (tertiary/aromatic N) is 1. The summed E-state index contributed by atoms with van der Waals surface area (Å²) in [6.07, 6.45) is 1.22. The first-order valence-electron chi connectivity index (χ1n) is 5.12. The second-order valence-corrected chi connectivity index (χ2v) is 3.58. The number of hydrogen-bond acceptors (Lipinski definition) is 3. The first-order chi connectivity index (χ1) is 7.15. The van der Waals surface area contributed by atoms with Crippen molar-refractivity contribution < 1.29 is 4.79 Å². The number of nitrogens with one attached hydrogen (secondary N) is 2. The van der Waals surface area contributed by atoms with E-state index in [2.05, 4.69) is 15.5 Å². The SMILES string of the molecule is Cc1n[nH]c(C)c1CNC(=O)CCCN. The van der Waals surface area contributed by atoms with Gasteiger partial charge in [-0.3, -0.25) is 9.89 Å². The minimum atomic E-state index is 0.0421. The number of nitrogens with two attached hydrogens (primary N) is 1. The van der Waals surface area contributed by atoms with Crippen molar-refractivity contribution in [3.8, 4) is 0 Å². The number of aryl methyl sites for hydroxylation is 2. The fraction of sp³-hybridized carbons (Fsp3) is 0.600. The molecule has 84 valence electrons. The normalized spacial score (nSPS) is 10.3. The van der Waals surface area contributed by atoms with Crippen molar-refractivity contribution in [1.82, 2.24) is 15.5 Å².